The molecule has 4 fully saturated rings. The van der Waals surface area contributed by atoms with Gasteiger partial charge in [0.15, 0.2) is 18.9 Å². The Balaban J connectivity index is 1.28. The van der Waals surface area contributed by atoms with Crippen molar-refractivity contribution < 1.29 is 151 Å². The molecule has 0 spiro atoms. The van der Waals surface area contributed by atoms with Gasteiger partial charge in [0.1, 0.15) is 77.1 Å². The van der Waals surface area contributed by atoms with E-state index in [2.05, 4.69) is 4.52 Å². The van der Waals surface area contributed by atoms with Crippen LogP contribution in [0.25, 0.3) is 0 Å². The van der Waals surface area contributed by atoms with E-state index in [-0.39, 0.29) is 183 Å². The highest BCUT2D eigenvalue weighted by molar-refractivity contribution is 7.45. The standard InChI is InChI=1S/C83H146NO31P/c1-58-74(97)77(100)70(51-85)113-80(58)109-42-25-22-34-62(88)28-15-11-18-31-65(91)39-45-106-55-83(49-68(94)37-14-9-7-5-6-8-10-21-38-73(96)84-50-69(95)48-61(84)54-112-116(103,104)105-4,56-107-46-40-66(92)32-19-12-16-29-63(89)35-23-26-43-110-81-59(2)75(98)78(101)71(52-86)114-81)57-108-47-41-67(93)33-20-13-17-30-64(90)36-24-27-44-111-82-60(3)76(99)79(102)72(53-87)115-82/h58-61,69-72,74-82,85-87,95,97-102H,5-57H2,1-4H3,(H,103,104)/p-1/t58?,59?,60?,61-,69+,70?,71?,72?,74?,75?,76?,77?,78?,79?,80?,81?,82?,83?/m0/s1. The number of β-amino-alcohol motifs (C(OH)–C–C–N with tert-alkyl or cyclic N) is 1. The topological polar surface area (TPSA) is 484 Å². The van der Waals surface area contributed by atoms with Gasteiger partial charge in [-0.1, -0.05) is 78.6 Å². The third-order valence-electron chi connectivity index (χ3n) is 22.5. The van der Waals surface area contributed by atoms with E-state index >= 15 is 0 Å². The molecule has 18 atom stereocenters. The molecule has 4 heterocycles. The van der Waals surface area contributed by atoms with Crippen molar-refractivity contribution in [3.8, 4) is 0 Å². The van der Waals surface area contributed by atoms with E-state index in [1.807, 2.05) is 0 Å². The summed E-state index contributed by atoms with van der Waals surface area (Å²) in [7, 11) is -3.51. The van der Waals surface area contributed by atoms with Crippen LogP contribution in [0.5, 0.6) is 0 Å². The van der Waals surface area contributed by atoms with Crippen molar-refractivity contribution in [1.29, 1.82) is 0 Å². The Labute approximate surface area is 686 Å². The first-order chi connectivity index (χ1) is 55.6. The third-order valence-corrected chi connectivity index (χ3v) is 23.4. The molecule has 33 heteroatoms. The first kappa shape index (κ1) is 105. The molecule has 0 aliphatic carbocycles. The van der Waals surface area contributed by atoms with Crippen LogP contribution in [0.3, 0.4) is 0 Å². The zero-order chi connectivity index (χ0) is 85.3. The monoisotopic (exact) mass is 1680 g/mol. The van der Waals surface area contributed by atoms with Gasteiger partial charge in [-0.3, -0.25) is 42.9 Å². The second-order valence-electron chi connectivity index (χ2n) is 32.6. The van der Waals surface area contributed by atoms with Gasteiger partial charge in [0.05, 0.1) is 96.5 Å². The molecule has 4 rings (SSSR count). The smallest absolute Gasteiger partial charge is 0.267 e. The van der Waals surface area contributed by atoms with Crippen LogP contribution in [0.4, 0.5) is 0 Å². The molecule has 0 aromatic rings. The molecule has 0 radical (unpaired) electrons. The van der Waals surface area contributed by atoms with E-state index in [1.54, 1.807) is 20.8 Å². The number of likely N-dealkylation sites (tertiary alicyclic amines) is 1. The summed E-state index contributed by atoms with van der Waals surface area (Å²) >= 11 is 0. The maximum absolute atomic E-state index is 14.2. The summed E-state index contributed by atoms with van der Waals surface area (Å²) in [5.41, 5.74) is -1.08. The number of aliphatic hydroxyl groups excluding tert-OH is 10. The lowest BCUT2D eigenvalue weighted by molar-refractivity contribution is -0.282. The Hall–Kier alpha value is -3.49. The normalized spacial score (nSPS) is 26.7. The quantitative estimate of drug-likeness (QED) is 0.0239. The van der Waals surface area contributed by atoms with Crippen molar-refractivity contribution in [2.24, 2.45) is 23.2 Å². The second-order valence-corrected chi connectivity index (χ2v) is 34.1. The summed E-state index contributed by atoms with van der Waals surface area (Å²) in [5.74, 6) is -1.62. The van der Waals surface area contributed by atoms with Crippen LogP contribution >= 0.6 is 7.82 Å². The zero-order valence-electron chi connectivity index (χ0n) is 69.7. The minimum absolute atomic E-state index is 0.0182. The maximum atomic E-state index is 14.2. The van der Waals surface area contributed by atoms with Gasteiger partial charge >= 0.3 is 0 Å². The van der Waals surface area contributed by atoms with Crippen LogP contribution in [-0.4, -0.2) is 288 Å². The first-order valence-corrected chi connectivity index (χ1v) is 44.6. The van der Waals surface area contributed by atoms with Gasteiger partial charge in [-0.15, -0.1) is 0 Å². The van der Waals surface area contributed by atoms with Crippen LogP contribution in [-0.2, 0) is 94.6 Å². The van der Waals surface area contributed by atoms with Gasteiger partial charge in [-0.05, 0) is 96.3 Å². The van der Waals surface area contributed by atoms with Crippen molar-refractivity contribution in [1.82, 2.24) is 4.90 Å². The lowest BCUT2D eigenvalue weighted by atomic mass is 9.83. The number of Topliss-reactive ketones (excluding diaryl/α,β-unsaturated/α-hetero) is 7. The molecule has 116 heavy (non-hydrogen) atoms. The van der Waals surface area contributed by atoms with Crippen LogP contribution in [0.2, 0.25) is 0 Å². The number of amides is 1. The van der Waals surface area contributed by atoms with Crippen LogP contribution < -0.4 is 4.89 Å². The maximum Gasteiger partial charge on any atom is 0.267 e. The largest absolute Gasteiger partial charge is 0.756 e. The molecule has 4 aliphatic heterocycles. The molecule has 674 valence electrons. The minimum atomic E-state index is -4.50. The summed E-state index contributed by atoms with van der Waals surface area (Å²) in [4.78, 5) is 118. The number of nitrogens with zero attached hydrogens (tertiary/aromatic N) is 1. The Morgan fingerprint density at radius 2 is 0.664 bits per heavy atom. The van der Waals surface area contributed by atoms with Crippen molar-refractivity contribution in [2.75, 3.05) is 99.5 Å². The van der Waals surface area contributed by atoms with E-state index in [1.165, 1.54) is 4.90 Å². The lowest BCUT2D eigenvalue weighted by Gasteiger charge is -2.40. The summed E-state index contributed by atoms with van der Waals surface area (Å²) < 4.78 is 73.9. The van der Waals surface area contributed by atoms with Gasteiger partial charge < -0.3 is 113 Å². The Bertz CT molecular complexity index is 2590. The van der Waals surface area contributed by atoms with Gasteiger partial charge in [0, 0.05) is 153 Å². The predicted molar refractivity (Wildman–Crippen MR) is 421 cm³/mol. The number of carbonyl (C=O) groups is 8. The molecule has 1 amide bonds. The van der Waals surface area contributed by atoms with Crippen LogP contribution in [0.1, 0.15) is 271 Å². The van der Waals surface area contributed by atoms with Gasteiger partial charge in [0.2, 0.25) is 5.91 Å². The molecular formula is C83H145NO31P-. The molecule has 0 bridgehead atoms. The number of unbranched alkanes of at least 4 members (excludes halogenated alkanes) is 16. The van der Waals surface area contributed by atoms with E-state index < -0.39 is 137 Å². The lowest BCUT2D eigenvalue weighted by Crippen LogP contribution is -2.55. The molecule has 4 aliphatic rings. The van der Waals surface area contributed by atoms with Gasteiger partial charge in [0.25, 0.3) is 7.82 Å². The average Bonchev–Trinajstić information content (AvgIpc) is 1.41. The van der Waals surface area contributed by atoms with Gasteiger partial charge in [-0.25, -0.2) is 0 Å². The fourth-order valence-electron chi connectivity index (χ4n) is 14.9. The molecular weight excluding hydrogens is 1540 g/mol. The van der Waals surface area contributed by atoms with E-state index in [9.17, 15) is 98.9 Å². The summed E-state index contributed by atoms with van der Waals surface area (Å²) in [6, 6.07) is -0.583. The van der Waals surface area contributed by atoms with Crippen LogP contribution in [0, 0.1) is 23.2 Å². The van der Waals surface area contributed by atoms with Crippen LogP contribution in [0.15, 0.2) is 0 Å². The SMILES string of the molecule is COP(=O)([O-])OC[C@@H]1C[C@@H](O)CN1C(=O)CCCCCCCCCCC(=O)CC(COCCC(=O)CCCCCC(=O)CCCCOC1OC(CO)C(O)C(O)C1C)(COCCC(=O)CCCCCC(=O)CCCCOC1OC(CO)C(O)C(O)C1C)COCCC(=O)CCCCCC(=O)CCCCOC1OC(CO)C(O)C(O)C1C. The second kappa shape index (κ2) is 60.1. The molecule has 32 nitrogen and oxygen atoms in total. The van der Waals surface area contributed by atoms with Crippen molar-refractivity contribution in [3.05, 3.63) is 0 Å². The van der Waals surface area contributed by atoms with Crippen molar-refractivity contribution in [2.45, 2.75) is 357 Å². The fourth-order valence-corrected chi connectivity index (χ4v) is 15.4. The number of ketones is 7. The highest BCUT2D eigenvalue weighted by Crippen LogP contribution is 2.39. The van der Waals surface area contributed by atoms with E-state index in [0.29, 0.717) is 148 Å². The molecule has 0 aromatic carbocycles. The molecule has 10 N–H and O–H groups in total. The Kier molecular flexibility index (Phi) is 54.3. The minimum Gasteiger partial charge on any atom is -0.756 e. The molecule has 0 saturated carbocycles. The first-order valence-electron chi connectivity index (χ1n) is 43.1. The average molecular weight is 1680 g/mol. The van der Waals surface area contributed by atoms with E-state index in [4.69, 9.17) is 47.2 Å². The number of hydrogen-bond acceptors (Lipinski definition) is 31. The summed E-state index contributed by atoms with van der Waals surface area (Å²) in [5, 5.41) is 100. The number of rotatable bonds is 71. The summed E-state index contributed by atoms with van der Waals surface area (Å²) in [6.45, 7) is 4.25. The highest BCUT2D eigenvalue weighted by atomic mass is 31.2. The molecule has 4 saturated heterocycles. The molecule has 16 unspecified atom stereocenters. The number of phosphoric ester groups is 1. The van der Waals surface area contributed by atoms with E-state index in [0.717, 1.165) is 45.6 Å². The fraction of sp³-hybridized carbons (Fsp3) is 0.904. The zero-order valence-corrected chi connectivity index (χ0v) is 70.6. The number of phosphoric acid groups is 1. The van der Waals surface area contributed by atoms with Crippen molar-refractivity contribution >= 4 is 54.2 Å². The predicted octanol–water partition coefficient (Wildman–Crippen LogP) is 6.20. The van der Waals surface area contributed by atoms with Gasteiger partial charge in [-0.2, -0.15) is 0 Å². The third kappa shape index (κ3) is 42.1. The Morgan fingerprint density at radius 1 is 0.388 bits per heavy atom. The highest BCUT2D eigenvalue weighted by Gasteiger charge is 2.45. The number of aliphatic hydroxyl groups is 10. The Morgan fingerprint density at radius 3 is 0.974 bits per heavy atom. The number of hydrogen-bond donors (Lipinski definition) is 10. The number of ether oxygens (including phenoxy) is 9. The van der Waals surface area contributed by atoms with Crippen molar-refractivity contribution in [3.63, 3.8) is 0 Å². The number of carbonyl (C=O) groups excluding carboxylic acids is 8. The molecule has 0 aromatic heterocycles. The summed E-state index contributed by atoms with van der Waals surface area (Å²) in [6.07, 6.45) is 6.23.